The smallest absolute Gasteiger partial charge is 0.416 e. The van der Waals surface area contributed by atoms with E-state index in [4.69, 9.17) is 0 Å². The van der Waals surface area contributed by atoms with Gasteiger partial charge in [0.1, 0.15) is 11.2 Å². The number of pyridine rings is 1. The summed E-state index contributed by atoms with van der Waals surface area (Å²) in [7, 11) is 0. The Morgan fingerprint density at radius 2 is 1.90 bits per heavy atom. The number of nitrogens with one attached hydrogen (secondary N) is 1. The van der Waals surface area contributed by atoms with Crippen LogP contribution in [0.15, 0.2) is 30.3 Å². The van der Waals surface area contributed by atoms with E-state index in [1.807, 2.05) is 0 Å². The number of anilines is 2. The number of aromatic nitrogens is 3. The van der Waals surface area contributed by atoms with Crippen molar-refractivity contribution < 1.29 is 23.4 Å². The largest absolute Gasteiger partial charge is 0.492 e. The van der Waals surface area contributed by atoms with Gasteiger partial charge in [-0.25, -0.2) is 4.98 Å². The van der Waals surface area contributed by atoms with E-state index in [9.17, 15) is 23.4 Å². The average Bonchev–Trinajstić information content (AvgIpc) is 2.67. The number of hydrogen-bond donors (Lipinski definition) is 3. The molecule has 3 N–H and O–H groups in total. The quantitative estimate of drug-likeness (QED) is 0.576. The molecule has 10 heteroatoms. The van der Waals surface area contributed by atoms with E-state index in [1.54, 1.807) is 37.8 Å². The first-order valence-corrected chi connectivity index (χ1v) is 9.73. The van der Waals surface area contributed by atoms with Crippen LogP contribution in [0.2, 0.25) is 0 Å². The zero-order valence-corrected chi connectivity index (χ0v) is 17.2. The summed E-state index contributed by atoms with van der Waals surface area (Å²) >= 11 is 0. The minimum atomic E-state index is -4.43. The van der Waals surface area contributed by atoms with Crippen LogP contribution >= 0.6 is 0 Å². The molecule has 0 radical (unpaired) electrons. The van der Waals surface area contributed by atoms with Gasteiger partial charge in [0.15, 0.2) is 5.82 Å². The predicted molar refractivity (Wildman–Crippen MR) is 110 cm³/mol. The second kappa shape index (κ2) is 7.23. The minimum absolute atomic E-state index is 0.184. The number of halogens is 3. The maximum Gasteiger partial charge on any atom is 0.416 e. The molecule has 2 aromatic heterocycles. The van der Waals surface area contributed by atoms with Crippen LogP contribution in [0.3, 0.4) is 0 Å². The van der Waals surface area contributed by atoms with Crippen LogP contribution < -0.4 is 10.2 Å². The Hall–Kier alpha value is -3.14. The summed E-state index contributed by atoms with van der Waals surface area (Å²) in [5, 5.41) is 32.3. The summed E-state index contributed by atoms with van der Waals surface area (Å²) < 4.78 is 39.2. The van der Waals surface area contributed by atoms with Crippen molar-refractivity contribution in [2.24, 2.45) is 0 Å². The van der Waals surface area contributed by atoms with Crippen LogP contribution in [0.1, 0.15) is 36.7 Å². The highest BCUT2D eigenvalue weighted by molar-refractivity contribution is 5.93. The lowest BCUT2D eigenvalue weighted by Gasteiger charge is -2.45. The Labute approximate surface area is 176 Å². The van der Waals surface area contributed by atoms with E-state index in [1.165, 1.54) is 6.07 Å². The molecule has 0 spiro atoms. The van der Waals surface area contributed by atoms with E-state index < -0.39 is 23.4 Å². The summed E-state index contributed by atoms with van der Waals surface area (Å²) in [5.74, 6) is 0.155. The van der Waals surface area contributed by atoms with Crippen LogP contribution in [0.25, 0.3) is 10.9 Å². The summed E-state index contributed by atoms with van der Waals surface area (Å²) in [6, 6.07) is 6.30. The monoisotopic (exact) mass is 433 g/mol. The van der Waals surface area contributed by atoms with Gasteiger partial charge in [0.25, 0.3) is 0 Å². The summed E-state index contributed by atoms with van der Waals surface area (Å²) in [6.45, 7) is 5.82. The molecule has 7 nitrogen and oxygen atoms in total. The summed E-state index contributed by atoms with van der Waals surface area (Å²) in [5.41, 5.74) is 0.258. The van der Waals surface area contributed by atoms with Gasteiger partial charge >= 0.3 is 6.18 Å². The zero-order chi connectivity index (χ0) is 22.6. The van der Waals surface area contributed by atoms with Crippen molar-refractivity contribution in [1.29, 1.82) is 0 Å². The number of nitrogens with zero attached hydrogens (tertiary/aromatic N) is 4. The molecule has 1 aliphatic rings. The molecule has 0 unspecified atom stereocenters. The van der Waals surface area contributed by atoms with E-state index in [0.29, 0.717) is 46.8 Å². The lowest BCUT2D eigenvalue weighted by atomic mass is 9.96. The number of aryl methyl sites for hydroxylation is 1. The van der Waals surface area contributed by atoms with E-state index in [0.717, 1.165) is 12.1 Å². The topological polar surface area (TPSA) is 94.4 Å². The number of rotatable bonds is 4. The number of benzene rings is 1. The van der Waals surface area contributed by atoms with Gasteiger partial charge in [-0.1, -0.05) is 12.1 Å². The van der Waals surface area contributed by atoms with Gasteiger partial charge in [-0.15, -0.1) is 5.10 Å². The van der Waals surface area contributed by atoms with Crippen molar-refractivity contribution in [3.05, 3.63) is 47.2 Å². The van der Waals surface area contributed by atoms with Crippen molar-refractivity contribution in [2.75, 3.05) is 23.3 Å². The molecule has 0 bridgehead atoms. The van der Waals surface area contributed by atoms with Crippen LogP contribution in [-0.2, 0) is 6.18 Å². The first kappa shape index (κ1) is 21.1. The van der Waals surface area contributed by atoms with Crippen molar-refractivity contribution in [3.8, 4) is 5.88 Å². The first-order chi connectivity index (χ1) is 14.4. The SMILES string of the molecule is Cc1nnc(N[C@H](C)c2cccc(C(F)(F)F)c2)c2cc(N3CC(C)(O)C3)c(O)nc12. The maximum atomic E-state index is 13.1. The standard InChI is InChI=1S/C21H22F3N5O2/c1-11(13-5-4-6-14(7-13)21(22,23)24)25-18-15-8-16(29-9-20(3,31)10-29)19(30)26-17(15)12(2)27-28-18/h4-8,11,31H,9-10H2,1-3H3,(H,25,28)(H,26,30)/t11-/m1/s1. The molecular formula is C21H22F3N5O2. The van der Waals surface area contributed by atoms with Gasteiger partial charge in [0.05, 0.1) is 22.9 Å². The molecular weight excluding hydrogens is 411 g/mol. The molecule has 31 heavy (non-hydrogen) atoms. The number of aromatic hydroxyl groups is 1. The third kappa shape index (κ3) is 4.07. The van der Waals surface area contributed by atoms with Gasteiger partial charge in [0, 0.05) is 18.5 Å². The lowest BCUT2D eigenvalue weighted by molar-refractivity contribution is -0.137. The second-order valence-corrected chi connectivity index (χ2v) is 8.20. The van der Waals surface area contributed by atoms with Gasteiger partial charge < -0.3 is 20.4 Å². The molecule has 1 aliphatic heterocycles. The highest BCUT2D eigenvalue weighted by Crippen LogP contribution is 2.38. The summed E-state index contributed by atoms with van der Waals surface area (Å²) in [4.78, 5) is 6.04. The summed E-state index contributed by atoms with van der Waals surface area (Å²) in [6.07, 6.45) is -4.43. The first-order valence-electron chi connectivity index (χ1n) is 9.73. The molecule has 1 aromatic carbocycles. The highest BCUT2D eigenvalue weighted by Gasteiger charge is 2.38. The fraction of sp³-hybridized carbons (Fsp3) is 0.381. The number of β-amino-alcohol motifs (C(OH)–C–C–N with tert-alkyl or cyclic N) is 1. The Balaban J connectivity index is 1.70. The number of fused-ring (bicyclic) bond motifs is 1. The fourth-order valence-corrected chi connectivity index (χ4v) is 3.73. The van der Waals surface area contributed by atoms with E-state index >= 15 is 0 Å². The van der Waals surface area contributed by atoms with Gasteiger partial charge in [-0.3, -0.25) is 0 Å². The minimum Gasteiger partial charge on any atom is -0.492 e. The van der Waals surface area contributed by atoms with Gasteiger partial charge in [-0.2, -0.15) is 18.3 Å². The van der Waals surface area contributed by atoms with E-state index in [2.05, 4.69) is 20.5 Å². The Kier molecular flexibility index (Phi) is 4.92. The molecule has 4 rings (SSSR count). The Bertz CT molecular complexity index is 1140. The molecule has 1 fully saturated rings. The number of hydrogen-bond acceptors (Lipinski definition) is 7. The fourth-order valence-electron chi connectivity index (χ4n) is 3.73. The second-order valence-electron chi connectivity index (χ2n) is 8.20. The molecule has 0 aliphatic carbocycles. The van der Waals surface area contributed by atoms with Crippen molar-refractivity contribution in [3.63, 3.8) is 0 Å². The third-order valence-electron chi connectivity index (χ3n) is 5.35. The molecule has 0 amide bonds. The Morgan fingerprint density at radius 1 is 1.19 bits per heavy atom. The molecule has 1 atom stereocenters. The molecule has 3 heterocycles. The van der Waals surface area contributed by atoms with Gasteiger partial charge in [-0.05, 0) is 44.5 Å². The predicted octanol–water partition coefficient (Wildman–Crippen LogP) is 3.80. The highest BCUT2D eigenvalue weighted by atomic mass is 19.4. The van der Waals surface area contributed by atoms with Crippen molar-refractivity contribution >= 4 is 22.4 Å². The van der Waals surface area contributed by atoms with Crippen LogP contribution in [-0.4, -0.2) is 44.1 Å². The maximum absolute atomic E-state index is 13.1. The number of alkyl halides is 3. The molecule has 3 aromatic rings. The molecule has 0 saturated carbocycles. The zero-order valence-electron chi connectivity index (χ0n) is 17.2. The lowest BCUT2D eigenvalue weighted by Crippen LogP contribution is -2.60. The number of aliphatic hydroxyl groups is 1. The van der Waals surface area contributed by atoms with Crippen LogP contribution in [0.5, 0.6) is 5.88 Å². The van der Waals surface area contributed by atoms with Crippen molar-refractivity contribution in [2.45, 2.75) is 38.6 Å². The average molecular weight is 433 g/mol. The van der Waals surface area contributed by atoms with Gasteiger partial charge in [0.2, 0.25) is 5.88 Å². The molecule has 164 valence electrons. The van der Waals surface area contributed by atoms with E-state index in [-0.39, 0.29) is 5.88 Å². The molecule has 1 saturated heterocycles. The van der Waals surface area contributed by atoms with Crippen LogP contribution in [0, 0.1) is 6.92 Å². The van der Waals surface area contributed by atoms with Crippen LogP contribution in [0.4, 0.5) is 24.7 Å². The van der Waals surface area contributed by atoms with Crippen molar-refractivity contribution in [1.82, 2.24) is 15.2 Å². The third-order valence-corrected chi connectivity index (χ3v) is 5.35. The Morgan fingerprint density at radius 3 is 2.55 bits per heavy atom. The normalized spacial score (nSPS) is 16.8.